The van der Waals surface area contributed by atoms with E-state index in [1.54, 1.807) is 11.3 Å². The summed E-state index contributed by atoms with van der Waals surface area (Å²) < 4.78 is 0. The molecule has 2 rings (SSSR count). The van der Waals surface area contributed by atoms with Gasteiger partial charge in [0.05, 0.1) is 6.07 Å². The molecule has 0 aromatic carbocycles. The molecule has 0 bridgehead atoms. The van der Waals surface area contributed by atoms with E-state index in [2.05, 4.69) is 28.9 Å². The van der Waals surface area contributed by atoms with Crippen molar-refractivity contribution in [3.05, 3.63) is 22.4 Å². The van der Waals surface area contributed by atoms with Crippen molar-refractivity contribution in [1.29, 1.82) is 5.26 Å². The number of hydrogen-bond donors (Lipinski definition) is 1. The molecule has 1 atom stereocenters. The number of nitrogens with one attached hydrogen (secondary N) is 1. The SMILES string of the molecule is CC(C#N)(CC1CCC1)NCc1cccs1. The highest BCUT2D eigenvalue weighted by Gasteiger charge is 2.30. The molecule has 0 aliphatic heterocycles. The summed E-state index contributed by atoms with van der Waals surface area (Å²) in [7, 11) is 0. The molecule has 1 aliphatic carbocycles. The van der Waals surface area contributed by atoms with Crippen LogP contribution in [0.5, 0.6) is 0 Å². The van der Waals surface area contributed by atoms with Gasteiger partial charge in [-0.05, 0) is 30.7 Å². The first-order valence-corrected chi connectivity index (χ1v) is 6.78. The van der Waals surface area contributed by atoms with Crippen molar-refractivity contribution in [3.8, 4) is 6.07 Å². The molecule has 1 unspecified atom stereocenters. The summed E-state index contributed by atoms with van der Waals surface area (Å²) >= 11 is 1.74. The summed E-state index contributed by atoms with van der Waals surface area (Å²) in [6.45, 7) is 2.84. The van der Waals surface area contributed by atoms with Crippen LogP contribution in [0.15, 0.2) is 17.5 Å². The van der Waals surface area contributed by atoms with Gasteiger partial charge in [0.2, 0.25) is 0 Å². The van der Waals surface area contributed by atoms with Crippen LogP contribution in [0.4, 0.5) is 0 Å². The fourth-order valence-corrected chi connectivity index (χ4v) is 2.77. The smallest absolute Gasteiger partial charge is 0.104 e. The molecule has 1 N–H and O–H groups in total. The van der Waals surface area contributed by atoms with Crippen LogP contribution in [0.2, 0.25) is 0 Å². The summed E-state index contributed by atoms with van der Waals surface area (Å²) in [6.07, 6.45) is 4.95. The first kappa shape index (κ1) is 11.6. The third-order valence-electron chi connectivity index (χ3n) is 3.40. The van der Waals surface area contributed by atoms with Crippen LogP contribution in [0.1, 0.15) is 37.5 Å². The molecule has 3 heteroatoms. The maximum Gasteiger partial charge on any atom is 0.104 e. The highest BCUT2D eigenvalue weighted by molar-refractivity contribution is 7.09. The third kappa shape index (κ3) is 2.84. The van der Waals surface area contributed by atoms with Gasteiger partial charge in [-0.3, -0.25) is 5.32 Å². The monoisotopic (exact) mass is 234 g/mol. The number of rotatable bonds is 5. The number of thiophene rings is 1. The van der Waals surface area contributed by atoms with E-state index in [4.69, 9.17) is 0 Å². The molecule has 2 nitrogen and oxygen atoms in total. The second kappa shape index (κ2) is 4.99. The molecule has 1 fully saturated rings. The predicted octanol–water partition coefficient (Wildman–Crippen LogP) is 3.31. The second-order valence-electron chi connectivity index (χ2n) is 4.88. The lowest BCUT2D eigenvalue weighted by Crippen LogP contribution is -2.43. The van der Waals surface area contributed by atoms with Crippen molar-refractivity contribution >= 4 is 11.3 Å². The Morgan fingerprint density at radius 2 is 2.44 bits per heavy atom. The summed E-state index contributed by atoms with van der Waals surface area (Å²) in [5.41, 5.74) is -0.352. The van der Waals surface area contributed by atoms with Crippen molar-refractivity contribution in [3.63, 3.8) is 0 Å². The van der Waals surface area contributed by atoms with Crippen LogP contribution in [0.3, 0.4) is 0 Å². The third-order valence-corrected chi connectivity index (χ3v) is 4.28. The Labute approximate surface area is 101 Å². The number of nitrogens with zero attached hydrogens (tertiary/aromatic N) is 1. The first-order valence-electron chi connectivity index (χ1n) is 5.90. The molecule has 1 heterocycles. The van der Waals surface area contributed by atoms with Gasteiger partial charge in [-0.2, -0.15) is 5.26 Å². The number of nitriles is 1. The van der Waals surface area contributed by atoms with Crippen LogP contribution in [0.25, 0.3) is 0 Å². The van der Waals surface area contributed by atoms with Crippen LogP contribution < -0.4 is 5.32 Å². The minimum atomic E-state index is -0.352. The van der Waals surface area contributed by atoms with E-state index in [1.165, 1.54) is 24.1 Å². The Morgan fingerprint density at radius 3 is 2.94 bits per heavy atom. The minimum absolute atomic E-state index is 0.352. The van der Waals surface area contributed by atoms with Gasteiger partial charge in [-0.25, -0.2) is 0 Å². The molecule has 0 saturated heterocycles. The Bertz CT molecular complexity index is 362. The Kier molecular flexibility index (Phi) is 3.63. The molecular formula is C13H18N2S. The van der Waals surface area contributed by atoms with Gasteiger partial charge in [-0.15, -0.1) is 11.3 Å². The maximum absolute atomic E-state index is 9.27. The average Bonchev–Trinajstić information content (AvgIpc) is 2.74. The highest BCUT2D eigenvalue weighted by atomic mass is 32.1. The summed E-state index contributed by atoms with van der Waals surface area (Å²) in [5.74, 6) is 0.764. The van der Waals surface area contributed by atoms with Crippen LogP contribution >= 0.6 is 11.3 Å². The molecule has 1 aromatic rings. The Hall–Kier alpha value is -0.850. The van der Waals surface area contributed by atoms with Gasteiger partial charge in [-0.1, -0.05) is 25.3 Å². The van der Waals surface area contributed by atoms with Crippen molar-refractivity contribution in [1.82, 2.24) is 5.32 Å². The average molecular weight is 234 g/mol. The Balaban J connectivity index is 1.86. The van der Waals surface area contributed by atoms with Gasteiger partial charge < -0.3 is 0 Å². The predicted molar refractivity (Wildman–Crippen MR) is 67.1 cm³/mol. The zero-order valence-electron chi connectivity index (χ0n) is 9.70. The van der Waals surface area contributed by atoms with Crippen LogP contribution in [-0.4, -0.2) is 5.54 Å². The van der Waals surface area contributed by atoms with Gasteiger partial charge >= 0.3 is 0 Å². The van der Waals surface area contributed by atoms with E-state index < -0.39 is 0 Å². The molecule has 0 spiro atoms. The van der Waals surface area contributed by atoms with E-state index in [0.717, 1.165) is 18.9 Å². The molecular weight excluding hydrogens is 216 g/mol. The van der Waals surface area contributed by atoms with Gasteiger partial charge in [0.15, 0.2) is 0 Å². The van der Waals surface area contributed by atoms with Gasteiger partial charge in [0, 0.05) is 11.4 Å². The number of hydrogen-bond acceptors (Lipinski definition) is 3. The molecule has 1 saturated carbocycles. The Morgan fingerprint density at radius 1 is 1.62 bits per heavy atom. The van der Waals surface area contributed by atoms with Crippen molar-refractivity contribution in [2.24, 2.45) is 5.92 Å². The fourth-order valence-electron chi connectivity index (χ4n) is 2.13. The molecule has 86 valence electrons. The van der Waals surface area contributed by atoms with Gasteiger partial charge in [0.1, 0.15) is 5.54 Å². The van der Waals surface area contributed by atoms with E-state index >= 15 is 0 Å². The molecule has 16 heavy (non-hydrogen) atoms. The molecule has 1 aliphatic rings. The second-order valence-corrected chi connectivity index (χ2v) is 5.91. The lowest BCUT2D eigenvalue weighted by Gasteiger charge is -2.33. The normalized spacial score (nSPS) is 19.8. The van der Waals surface area contributed by atoms with E-state index in [1.807, 2.05) is 6.92 Å². The largest absolute Gasteiger partial charge is 0.295 e. The van der Waals surface area contributed by atoms with Crippen molar-refractivity contribution < 1.29 is 0 Å². The quantitative estimate of drug-likeness (QED) is 0.848. The topological polar surface area (TPSA) is 35.8 Å². The standard InChI is InChI=1S/C13H18N2S/c1-13(10-14,8-11-4-2-5-11)15-9-12-6-3-7-16-12/h3,6-7,11,15H,2,4-5,8-9H2,1H3. The molecule has 0 radical (unpaired) electrons. The lowest BCUT2D eigenvalue weighted by molar-refractivity contribution is 0.236. The highest BCUT2D eigenvalue weighted by Crippen LogP contribution is 2.33. The summed E-state index contributed by atoms with van der Waals surface area (Å²) in [5, 5.41) is 14.7. The zero-order valence-corrected chi connectivity index (χ0v) is 10.5. The maximum atomic E-state index is 9.27. The molecule has 1 aromatic heterocycles. The summed E-state index contributed by atoms with van der Waals surface area (Å²) in [6, 6.07) is 6.60. The molecule has 0 amide bonds. The fraction of sp³-hybridized carbons (Fsp3) is 0.615. The van der Waals surface area contributed by atoms with Crippen molar-refractivity contribution in [2.45, 2.75) is 44.7 Å². The van der Waals surface area contributed by atoms with E-state index in [-0.39, 0.29) is 5.54 Å². The lowest BCUT2D eigenvalue weighted by atomic mass is 9.77. The van der Waals surface area contributed by atoms with Crippen molar-refractivity contribution in [2.75, 3.05) is 0 Å². The van der Waals surface area contributed by atoms with Gasteiger partial charge in [0.25, 0.3) is 0 Å². The minimum Gasteiger partial charge on any atom is -0.295 e. The van der Waals surface area contributed by atoms with Crippen LogP contribution in [-0.2, 0) is 6.54 Å². The van der Waals surface area contributed by atoms with E-state index in [9.17, 15) is 5.26 Å². The van der Waals surface area contributed by atoms with E-state index in [0.29, 0.717) is 0 Å². The van der Waals surface area contributed by atoms with Crippen LogP contribution in [0, 0.1) is 17.2 Å². The summed E-state index contributed by atoms with van der Waals surface area (Å²) in [4.78, 5) is 1.30. The first-order chi connectivity index (χ1) is 7.72. The zero-order chi connectivity index (χ0) is 11.4.